The van der Waals surface area contributed by atoms with Crippen molar-refractivity contribution >= 4 is 5.69 Å². The fraction of sp³-hybridized carbons (Fsp3) is 0.625. The van der Waals surface area contributed by atoms with Gasteiger partial charge in [-0.05, 0) is 24.5 Å². The number of rotatable bonds is 3. The molecule has 5 nitrogen and oxygen atoms in total. The van der Waals surface area contributed by atoms with Crippen LogP contribution < -0.4 is 4.90 Å². The minimum Gasteiger partial charge on any atom is -0.389 e. The number of piperidine rings is 1. The maximum absolute atomic E-state index is 13.8. The largest absolute Gasteiger partial charge is 0.389 e. The van der Waals surface area contributed by atoms with Crippen molar-refractivity contribution in [2.75, 3.05) is 37.6 Å². The molecule has 22 heavy (non-hydrogen) atoms. The lowest BCUT2D eigenvalue weighted by Crippen LogP contribution is -2.56. The SMILES string of the molecule is OC1CN(C[C@H]2CCN(c3ccccc3F)C2)CC(O)C1O. The van der Waals surface area contributed by atoms with E-state index in [1.165, 1.54) is 6.07 Å². The molecular formula is C16H23FN2O3. The first-order chi connectivity index (χ1) is 10.5. The Labute approximate surface area is 129 Å². The van der Waals surface area contributed by atoms with Gasteiger partial charge in [-0.3, -0.25) is 4.90 Å². The standard InChI is InChI=1S/C16H23FN2O3/c17-12-3-1-2-4-13(12)19-6-5-11(8-19)7-18-9-14(20)16(22)15(21)10-18/h1-4,11,14-16,20-22H,5-10H2/t11-,14?,15?,16?/m1/s1. The van der Waals surface area contributed by atoms with Crippen molar-refractivity contribution in [3.63, 3.8) is 0 Å². The maximum Gasteiger partial charge on any atom is 0.146 e. The van der Waals surface area contributed by atoms with Gasteiger partial charge in [-0.2, -0.15) is 0 Å². The molecule has 6 heteroatoms. The summed E-state index contributed by atoms with van der Waals surface area (Å²) in [4.78, 5) is 4.03. The summed E-state index contributed by atoms with van der Waals surface area (Å²) in [6.45, 7) is 3.06. The zero-order chi connectivity index (χ0) is 15.7. The predicted molar refractivity (Wildman–Crippen MR) is 81.2 cm³/mol. The fourth-order valence-corrected chi connectivity index (χ4v) is 3.50. The third-order valence-electron chi connectivity index (χ3n) is 4.67. The third-order valence-corrected chi connectivity index (χ3v) is 4.67. The van der Waals surface area contributed by atoms with Gasteiger partial charge in [0, 0.05) is 32.7 Å². The van der Waals surface area contributed by atoms with Crippen molar-refractivity contribution in [1.82, 2.24) is 4.90 Å². The average molecular weight is 310 g/mol. The van der Waals surface area contributed by atoms with Crippen LogP contribution in [-0.2, 0) is 0 Å². The summed E-state index contributed by atoms with van der Waals surface area (Å²) in [5.74, 6) is 0.171. The summed E-state index contributed by atoms with van der Waals surface area (Å²) in [7, 11) is 0. The molecule has 1 aromatic rings. The van der Waals surface area contributed by atoms with E-state index in [0.29, 0.717) is 24.7 Å². The van der Waals surface area contributed by atoms with Crippen molar-refractivity contribution in [3.8, 4) is 0 Å². The van der Waals surface area contributed by atoms with E-state index in [2.05, 4.69) is 0 Å². The lowest BCUT2D eigenvalue weighted by Gasteiger charge is -2.38. The zero-order valence-corrected chi connectivity index (χ0v) is 12.5. The molecular weight excluding hydrogens is 287 g/mol. The van der Waals surface area contributed by atoms with Crippen LogP contribution in [0.1, 0.15) is 6.42 Å². The van der Waals surface area contributed by atoms with E-state index in [1.54, 1.807) is 12.1 Å². The van der Waals surface area contributed by atoms with E-state index < -0.39 is 18.3 Å². The van der Waals surface area contributed by atoms with Crippen LogP contribution in [0.4, 0.5) is 10.1 Å². The Morgan fingerprint density at radius 2 is 1.73 bits per heavy atom. The smallest absolute Gasteiger partial charge is 0.146 e. The molecule has 2 aliphatic rings. The first-order valence-electron chi connectivity index (χ1n) is 7.80. The van der Waals surface area contributed by atoms with Crippen LogP contribution in [-0.4, -0.2) is 71.3 Å². The van der Waals surface area contributed by atoms with Gasteiger partial charge in [-0.15, -0.1) is 0 Å². The molecule has 2 aliphatic heterocycles. The number of aliphatic hydroxyl groups is 3. The lowest BCUT2D eigenvalue weighted by atomic mass is 10.00. The van der Waals surface area contributed by atoms with Crippen molar-refractivity contribution in [2.45, 2.75) is 24.7 Å². The van der Waals surface area contributed by atoms with E-state index in [9.17, 15) is 19.7 Å². The Hall–Kier alpha value is -1.21. The molecule has 122 valence electrons. The monoisotopic (exact) mass is 310 g/mol. The molecule has 0 radical (unpaired) electrons. The number of para-hydroxylation sites is 1. The highest BCUT2D eigenvalue weighted by molar-refractivity contribution is 5.48. The normalized spacial score (nSPS) is 33.4. The van der Waals surface area contributed by atoms with Crippen molar-refractivity contribution < 1.29 is 19.7 Å². The van der Waals surface area contributed by atoms with Gasteiger partial charge < -0.3 is 20.2 Å². The molecule has 3 N–H and O–H groups in total. The van der Waals surface area contributed by atoms with Gasteiger partial charge >= 0.3 is 0 Å². The number of hydrogen-bond acceptors (Lipinski definition) is 5. The second kappa shape index (κ2) is 6.50. The molecule has 2 saturated heterocycles. The molecule has 0 amide bonds. The van der Waals surface area contributed by atoms with Crippen molar-refractivity contribution in [2.24, 2.45) is 5.92 Å². The first kappa shape index (κ1) is 15.7. The molecule has 3 atom stereocenters. The van der Waals surface area contributed by atoms with E-state index in [4.69, 9.17) is 0 Å². The molecule has 0 bridgehead atoms. The molecule has 3 rings (SSSR count). The Balaban J connectivity index is 1.56. The minimum atomic E-state index is -1.06. The minimum absolute atomic E-state index is 0.199. The summed E-state index contributed by atoms with van der Waals surface area (Å²) in [6, 6.07) is 6.79. The Bertz CT molecular complexity index is 504. The van der Waals surface area contributed by atoms with Crippen LogP contribution in [0, 0.1) is 11.7 Å². The second-order valence-corrected chi connectivity index (χ2v) is 6.40. The Morgan fingerprint density at radius 3 is 2.41 bits per heavy atom. The highest BCUT2D eigenvalue weighted by Crippen LogP contribution is 2.27. The summed E-state index contributed by atoms with van der Waals surface area (Å²) in [6.07, 6.45) is -1.92. The molecule has 1 aromatic carbocycles. The van der Waals surface area contributed by atoms with Crippen LogP contribution in [0.3, 0.4) is 0 Å². The van der Waals surface area contributed by atoms with Gasteiger partial charge in [-0.1, -0.05) is 12.1 Å². The van der Waals surface area contributed by atoms with Gasteiger partial charge in [0.2, 0.25) is 0 Å². The van der Waals surface area contributed by atoms with Crippen LogP contribution in [0.5, 0.6) is 0 Å². The molecule has 2 fully saturated rings. The number of halogens is 1. The molecule has 0 aromatic heterocycles. The highest BCUT2D eigenvalue weighted by atomic mass is 19.1. The Morgan fingerprint density at radius 1 is 1.05 bits per heavy atom. The van der Waals surface area contributed by atoms with E-state index in [-0.39, 0.29) is 5.82 Å². The highest BCUT2D eigenvalue weighted by Gasteiger charge is 2.35. The Kier molecular flexibility index (Phi) is 4.63. The fourth-order valence-electron chi connectivity index (χ4n) is 3.50. The van der Waals surface area contributed by atoms with Crippen molar-refractivity contribution in [3.05, 3.63) is 30.1 Å². The van der Waals surface area contributed by atoms with Gasteiger partial charge in [0.25, 0.3) is 0 Å². The number of anilines is 1. The summed E-state index contributed by atoms with van der Waals surface area (Å²) >= 11 is 0. The third kappa shape index (κ3) is 3.25. The summed E-state index contributed by atoms with van der Waals surface area (Å²) in [5, 5.41) is 29.1. The number of benzene rings is 1. The van der Waals surface area contributed by atoms with Crippen molar-refractivity contribution in [1.29, 1.82) is 0 Å². The number of nitrogens with zero attached hydrogens (tertiary/aromatic N) is 2. The average Bonchev–Trinajstić information content (AvgIpc) is 2.93. The van der Waals surface area contributed by atoms with Gasteiger partial charge in [-0.25, -0.2) is 4.39 Å². The number of β-amino-alcohol motifs (C(OH)–C–C–N with tert-alkyl or cyclic N) is 2. The van der Waals surface area contributed by atoms with E-state index in [1.807, 2.05) is 15.9 Å². The molecule has 2 heterocycles. The quantitative estimate of drug-likeness (QED) is 0.736. The van der Waals surface area contributed by atoms with E-state index in [0.717, 1.165) is 26.1 Å². The topological polar surface area (TPSA) is 67.2 Å². The first-order valence-corrected chi connectivity index (χ1v) is 7.80. The number of likely N-dealkylation sites (tertiary alicyclic amines) is 1. The van der Waals surface area contributed by atoms with Crippen LogP contribution in [0.2, 0.25) is 0 Å². The van der Waals surface area contributed by atoms with Gasteiger partial charge in [0.15, 0.2) is 0 Å². The predicted octanol–water partition coefficient (Wildman–Crippen LogP) is 0.0503. The molecule has 2 unspecified atom stereocenters. The zero-order valence-electron chi connectivity index (χ0n) is 12.5. The molecule has 0 spiro atoms. The molecule has 0 saturated carbocycles. The number of hydrogen-bond donors (Lipinski definition) is 3. The van der Waals surface area contributed by atoms with Crippen LogP contribution >= 0.6 is 0 Å². The number of aliphatic hydroxyl groups excluding tert-OH is 3. The van der Waals surface area contributed by atoms with Crippen LogP contribution in [0.25, 0.3) is 0 Å². The van der Waals surface area contributed by atoms with Gasteiger partial charge in [0.1, 0.15) is 11.9 Å². The van der Waals surface area contributed by atoms with Gasteiger partial charge in [0.05, 0.1) is 17.9 Å². The maximum atomic E-state index is 13.8. The second-order valence-electron chi connectivity index (χ2n) is 6.40. The summed E-state index contributed by atoms with van der Waals surface area (Å²) < 4.78 is 13.8. The molecule has 0 aliphatic carbocycles. The van der Waals surface area contributed by atoms with Crippen LogP contribution in [0.15, 0.2) is 24.3 Å². The summed E-state index contributed by atoms with van der Waals surface area (Å²) in [5.41, 5.74) is 0.638. The van der Waals surface area contributed by atoms with E-state index >= 15 is 0 Å². The lowest BCUT2D eigenvalue weighted by molar-refractivity contribution is -0.111.